The van der Waals surface area contributed by atoms with Gasteiger partial charge >= 0.3 is 0 Å². The van der Waals surface area contributed by atoms with Gasteiger partial charge in [-0.2, -0.15) is 0 Å². The molecule has 2 N–H and O–H groups in total. The second kappa shape index (κ2) is 7.13. The Balaban J connectivity index is 1.84. The maximum Gasteiger partial charge on any atom is 0.257 e. The van der Waals surface area contributed by atoms with Gasteiger partial charge in [-0.15, -0.1) is 0 Å². The van der Waals surface area contributed by atoms with Crippen LogP contribution >= 0.6 is 0 Å². The Morgan fingerprint density at radius 2 is 1.52 bits per heavy atom. The number of amides is 1. The van der Waals surface area contributed by atoms with E-state index in [1.807, 2.05) is 0 Å². The second-order valence-corrected chi connectivity index (χ2v) is 5.59. The van der Waals surface area contributed by atoms with E-state index in [-0.39, 0.29) is 17.5 Å². The zero-order chi connectivity index (χ0) is 17.8. The molecule has 5 heteroatoms. The number of carbonyl (C=O) groups is 1. The number of rotatable bonds is 4. The van der Waals surface area contributed by atoms with Gasteiger partial charge in [0, 0.05) is 11.4 Å². The van der Waals surface area contributed by atoms with Crippen molar-refractivity contribution in [2.75, 3.05) is 10.6 Å². The third-order valence-corrected chi connectivity index (χ3v) is 3.73. The third kappa shape index (κ3) is 4.01. The lowest BCUT2D eigenvalue weighted by Crippen LogP contribution is -2.14. The van der Waals surface area contributed by atoms with Crippen molar-refractivity contribution in [3.63, 3.8) is 0 Å². The topological polar surface area (TPSA) is 41.1 Å². The number of anilines is 3. The molecule has 25 heavy (non-hydrogen) atoms. The van der Waals surface area contributed by atoms with Gasteiger partial charge in [0.25, 0.3) is 5.91 Å². The normalized spacial score (nSPS) is 10.4. The van der Waals surface area contributed by atoms with E-state index in [9.17, 15) is 13.6 Å². The van der Waals surface area contributed by atoms with Crippen LogP contribution in [0.3, 0.4) is 0 Å². The molecule has 0 unspecified atom stereocenters. The van der Waals surface area contributed by atoms with E-state index in [1.54, 1.807) is 43.3 Å². The lowest BCUT2D eigenvalue weighted by Gasteiger charge is -2.13. The van der Waals surface area contributed by atoms with Crippen molar-refractivity contribution in [3.8, 4) is 0 Å². The summed E-state index contributed by atoms with van der Waals surface area (Å²) in [6.07, 6.45) is 0. The molecule has 0 aliphatic heterocycles. The van der Waals surface area contributed by atoms with Crippen molar-refractivity contribution in [2.45, 2.75) is 6.92 Å². The minimum Gasteiger partial charge on any atom is -0.355 e. The van der Waals surface area contributed by atoms with Crippen LogP contribution in [0.15, 0.2) is 66.7 Å². The summed E-state index contributed by atoms with van der Waals surface area (Å²) < 4.78 is 26.2. The molecule has 1 amide bonds. The molecule has 0 fully saturated rings. The molecule has 0 saturated heterocycles. The zero-order valence-electron chi connectivity index (χ0n) is 13.5. The fourth-order valence-corrected chi connectivity index (χ4v) is 2.44. The highest BCUT2D eigenvalue weighted by Crippen LogP contribution is 2.23. The van der Waals surface area contributed by atoms with Crippen LogP contribution in [-0.2, 0) is 0 Å². The molecule has 0 aliphatic carbocycles. The Morgan fingerprint density at radius 1 is 0.840 bits per heavy atom. The predicted molar refractivity (Wildman–Crippen MR) is 95.2 cm³/mol. The molecule has 0 bridgehead atoms. The first-order valence-corrected chi connectivity index (χ1v) is 7.72. The minimum atomic E-state index is -0.353. The highest BCUT2D eigenvalue weighted by Gasteiger charge is 2.13. The Hall–Kier alpha value is -3.21. The van der Waals surface area contributed by atoms with Gasteiger partial charge < -0.3 is 10.6 Å². The number of para-hydroxylation sites is 1. The fourth-order valence-electron chi connectivity index (χ4n) is 2.44. The smallest absolute Gasteiger partial charge is 0.257 e. The predicted octanol–water partition coefficient (Wildman–Crippen LogP) is 5.27. The van der Waals surface area contributed by atoms with E-state index in [0.29, 0.717) is 28.2 Å². The Kier molecular flexibility index (Phi) is 4.75. The molecule has 3 aromatic carbocycles. The molecule has 0 heterocycles. The first-order valence-electron chi connectivity index (χ1n) is 7.72. The van der Waals surface area contributed by atoms with Gasteiger partial charge in [-0.3, -0.25) is 4.79 Å². The van der Waals surface area contributed by atoms with Gasteiger partial charge in [0.2, 0.25) is 0 Å². The van der Waals surface area contributed by atoms with Crippen LogP contribution in [0.5, 0.6) is 0 Å². The van der Waals surface area contributed by atoms with E-state index in [2.05, 4.69) is 10.6 Å². The summed E-state index contributed by atoms with van der Waals surface area (Å²) in [5, 5.41) is 5.89. The molecular formula is C20H16F2N2O. The van der Waals surface area contributed by atoms with Gasteiger partial charge in [-0.05, 0) is 67.1 Å². The van der Waals surface area contributed by atoms with Crippen molar-refractivity contribution < 1.29 is 13.6 Å². The Bertz CT molecular complexity index is 908. The maximum atomic E-state index is 13.2. The Morgan fingerprint density at radius 3 is 2.24 bits per heavy atom. The summed E-state index contributed by atoms with van der Waals surface area (Å²) in [5.74, 6) is -1.00. The van der Waals surface area contributed by atoms with Gasteiger partial charge in [-0.1, -0.05) is 12.1 Å². The first kappa shape index (κ1) is 16.6. The standard InChI is InChI=1S/C20H16F2N2O/c1-13-12-15(22)8-11-18(13)24-20(25)17-4-2-3-5-19(17)23-16-9-6-14(21)7-10-16/h2-12,23H,1H3,(H,24,25). The molecule has 0 radical (unpaired) electrons. The summed E-state index contributed by atoms with van der Waals surface area (Å²) in [5.41, 5.74) is 2.86. The zero-order valence-corrected chi connectivity index (χ0v) is 13.5. The van der Waals surface area contributed by atoms with E-state index >= 15 is 0 Å². The summed E-state index contributed by atoms with van der Waals surface area (Å²) in [7, 11) is 0. The molecule has 0 spiro atoms. The van der Waals surface area contributed by atoms with E-state index in [0.717, 1.165) is 0 Å². The quantitative estimate of drug-likeness (QED) is 0.680. The highest BCUT2D eigenvalue weighted by atomic mass is 19.1. The van der Waals surface area contributed by atoms with Crippen LogP contribution in [-0.4, -0.2) is 5.91 Å². The van der Waals surface area contributed by atoms with Crippen molar-refractivity contribution in [2.24, 2.45) is 0 Å². The summed E-state index contributed by atoms with van der Waals surface area (Å²) in [4.78, 5) is 12.6. The lowest BCUT2D eigenvalue weighted by molar-refractivity contribution is 0.102. The van der Waals surface area contributed by atoms with Crippen molar-refractivity contribution in [1.82, 2.24) is 0 Å². The molecule has 3 nitrogen and oxygen atoms in total. The van der Waals surface area contributed by atoms with Crippen LogP contribution in [0.2, 0.25) is 0 Å². The Labute approximate surface area is 144 Å². The number of benzene rings is 3. The van der Waals surface area contributed by atoms with Crippen LogP contribution in [0.4, 0.5) is 25.8 Å². The molecule has 0 aliphatic rings. The van der Waals surface area contributed by atoms with Crippen molar-refractivity contribution in [3.05, 3.63) is 89.5 Å². The number of halogens is 2. The molecule has 0 atom stereocenters. The SMILES string of the molecule is Cc1cc(F)ccc1NC(=O)c1ccccc1Nc1ccc(F)cc1. The second-order valence-electron chi connectivity index (χ2n) is 5.59. The van der Waals surface area contributed by atoms with Gasteiger partial charge in [0.15, 0.2) is 0 Å². The summed E-state index contributed by atoms with van der Waals surface area (Å²) in [6, 6.07) is 17.0. The molecule has 0 aromatic heterocycles. The average molecular weight is 338 g/mol. The van der Waals surface area contributed by atoms with Crippen molar-refractivity contribution >= 4 is 23.0 Å². The molecule has 3 aromatic rings. The highest BCUT2D eigenvalue weighted by molar-refractivity contribution is 6.08. The number of hydrogen-bond acceptors (Lipinski definition) is 2. The maximum absolute atomic E-state index is 13.2. The van der Waals surface area contributed by atoms with Crippen LogP contribution in [0.1, 0.15) is 15.9 Å². The lowest BCUT2D eigenvalue weighted by atomic mass is 10.1. The van der Waals surface area contributed by atoms with Crippen LogP contribution < -0.4 is 10.6 Å². The van der Waals surface area contributed by atoms with E-state index in [4.69, 9.17) is 0 Å². The van der Waals surface area contributed by atoms with Crippen molar-refractivity contribution in [1.29, 1.82) is 0 Å². The molecule has 126 valence electrons. The van der Waals surface area contributed by atoms with E-state index < -0.39 is 0 Å². The summed E-state index contributed by atoms with van der Waals surface area (Å²) in [6.45, 7) is 1.72. The number of nitrogens with one attached hydrogen (secondary N) is 2. The fraction of sp³-hybridized carbons (Fsp3) is 0.0500. The first-order chi connectivity index (χ1) is 12.0. The number of aryl methyl sites for hydroxylation is 1. The van der Waals surface area contributed by atoms with Gasteiger partial charge in [0.05, 0.1) is 11.3 Å². The van der Waals surface area contributed by atoms with Gasteiger partial charge in [-0.25, -0.2) is 8.78 Å². The number of hydrogen-bond donors (Lipinski definition) is 2. The average Bonchev–Trinajstić information content (AvgIpc) is 2.60. The largest absolute Gasteiger partial charge is 0.355 e. The van der Waals surface area contributed by atoms with Crippen LogP contribution in [0, 0.1) is 18.6 Å². The van der Waals surface area contributed by atoms with Gasteiger partial charge in [0.1, 0.15) is 11.6 Å². The molecule has 3 rings (SSSR count). The monoisotopic (exact) mass is 338 g/mol. The number of carbonyl (C=O) groups excluding carboxylic acids is 1. The molecular weight excluding hydrogens is 322 g/mol. The summed E-state index contributed by atoms with van der Waals surface area (Å²) >= 11 is 0. The van der Waals surface area contributed by atoms with E-state index in [1.165, 1.54) is 30.3 Å². The third-order valence-electron chi connectivity index (χ3n) is 3.73. The molecule has 0 saturated carbocycles. The van der Waals surface area contributed by atoms with Crippen LogP contribution in [0.25, 0.3) is 0 Å². The minimum absolute atomic E-state index is 0.320.